The van der Waals surface area contributed by atoms with Crippen molar-refractivity contribution in [2.45, 2.75) is 0 Å². The van der Waals surface area contributed by atoms with E-state index in [0.29, 0.717) is 18.0 Å². The molecule has 0 spiro atoms. The zero-order valence-electron chi connectivity index (χ0n) is 9.49. The number of ether oxygens (including phenoxy) is 2. The zero-order chi connectivity index (χ0) is 11.3. The summed E-state index contributed by atoms with van der Waals surface area (Å²) in [4.78, 5) is 2.04. The third-order valence-corrected chi connectivity index (χ3v) is 2.31. The van der Waals surface area contributed by atoms with Gasteiger partial charge in [-0.3, -0.25) is 0 Å². The summed E-state index contributed by atoms with van der Waals surface area (Å²) >= 11 is 0. The molecule has 0 unspecified atom stereocenters. The highest BCUT2D eigenvalue weighted by Gasteiger charge is 2.08. The van der Waals surface area contributed by atoms with Gasteiger partial charge in [0.15, 0.2) is 0 Å². The topological polar surface area (TPSA) is 47.7 Å². The molecule has 0 saturated carbocycles. The number of hydrogen-bond donors (Lipinski definition) is 1. The fourth-order valence-corrected chi connectivity index (χ4v) is 1.39. The number of nitrogen functional groups attached to an aromatic ring is 1. The van der Waals surface area contributed by atoms with Gasteiger partial charge >= 0.3 is 0 Å². The third-order valence-electron chi connectivity index (χ3n) is 2.31. The Morgan fingerprint density at radius 1 is 1.33 bits per heavy atom. The van der Waals surface area contributed by atoms with Gasteiger partial charge in [0.05, 0.1) is 25.1 Å². The molecule has 0 saturated heterocycles. The Bertz CT molecular complexity index is 315. The normalized spacial score (nSPS) is 10.1. The van der Waals surface area contributed by atoms with Crippen LogP contribution in [0.4, 0.5) is 11.4 Å². The standard InChI is InChI=1S/C11H18N2O2/c1-13(7-8-14-2)9-5-4-6-10(15-3)11(9)12/h4-6H,7-8,12H2,1-3H3. The zero-order valence-corrected chi connectivity index (χ0v) is 9.49. The fraction of sp³-hybridized carbons (Fsp3) is 0.455. The average molecular weight is 210 g/mol. The quantitative estimate of drug-likeness (QED) is 0.745. The van der Waals surface area contributed by atoms with E-state index in [1.54, 1.807) is 14.2 Å². The number of hydrogen-bond acceptors (Lipinski definition) is 4. The Kier molecular flexibility index (Phi) is 4.24. The molecule has 0 bridgehead atoms. The molecule has 0 aliphatic carbocycles. The van der Waals surface area contributed by atoms with Crippen LogP contribution < -0.4 is 15.4 Å². The van der Waals surface area contributed by atoms with Crippen LogP contribution >= 0.6 is 0 Å². The van der Waals surface area contributed by atoms with Crippen molar-refractivity contribution in [2.24, 2.45) is 0 Å². The fourth-order valence-electron chi connectivity index (χ4n) is 1.39. The molecule has 0 amide bonds. The highest BCUT2D eigenvalue weighted by Crippen LogP contribution is 2.30. The van der Waals surface area contributed by atoms with Crippen molar-refractivity contribution in [1.82, 2.24) is 0 Å². The lowest BCUT2D eigenvalue weighted by molar-refractivity contribution is 0.206. The van der Waals surface area contributed by atoms with E-state index in [0.717, 1.165) is 12.2 Å². The van der Waals surface area contributed by atoms with Crippen LogP contribution in [0, 0.1) is 0 Å². The smallest absolute Gasteiger partial charge is 0.143 e. The van der Waals surface area contributed by atoms with Gasteiger partial charge in [0, 0.05) is 20.7 Å². The van der Waals surface area contributed by atoms with Gasteiger partial charge in [-0.05, 0) is 12.1 Å². The summed E-state index contributed by atoms with van der Waals surface area (Å²) in [5.74, 6) is 0.705. The van der Waals surface area contributed by atoms with Crippen LogP contribution in [0.2, 0.25) is 0 Å². The summed E-state index contributed by atoms with van der Waals surface area (Å²) in [5.41, 5.74) is 7.59. The molecule has 2 N–H and O–H groups in total. The van der Waals surface area contributed by atoms with Crippen molar-refractivity contribution in [2.75, 3.05) is 45.1 Å². The predicted octanol–water partition coefficient (Wildman–Crippen LogP) is 1.36. The molecule has 1 aromatic rings. The average Bonchev–Trinajstić information content (AvgIpc) is 2.26. The SMILES string of the molecule is COCCN(C)c1cccc(OC)c1N. The lowest BCUT2D eigenvalue weighted by atomic mass is 10.2. The second kappa shape index (κ2) is 5.46. The van der Waals surface area contributed by atoms with E-state index >= 15 is 0 Å². The molecule has 0 aliphatic rings. The maximum absolute atomic E-state index is 5.96. The number of benzene rings is 1. The van der Waals surface area contributed by atoms with E-state index in [-0.39, 0.29) is 0 Å². The van der Waals surface area contributed by atoms with E-state index in [9.17, 15) is 0 Å². The van der Waals surface area contributed by atoms with Crippen molar-refractivity contribution in [3.05, 3.63) is 18.2 Å². The van der Waals surface area contributed by atoms with Crippen molar-refractivity contribution in [3.63, 3.8) is 0 Å². The summed E-state index contributed by atoms with van der Waals surface area (Å²) in [5, 5.41) is 0. The summed E-state index contributed by atoms with van der Waals surface area (Å²) < 4.78 is 10.2. The minimum absolute atomic E-state index is 0.665. The van der Waals surface area contributed by atoms with Crippen LogP contribution in [0.3, 0.4) is 0 Å². The minimum Gasteiger partial charge on any atom is -0.495 e. The number of likely N-dealkylation sites (N-methyl/N-ethyl adjacent to an activating group) is 1. The lowest BCUT2D eigenvalue weighted by Gasteiger charge is -2.21. The maximum Gasteiger partial charge on any atom is 0.143 e. The molecular formula is C11H18N2O2. The Labute approximate surface area is 90.6 Å². The lowest BCUT2D eigenvalue weighted by Crippen LogP contribution is -2.23. The largest absolute Gasteiger partial charge is 0.495 e. The highest BCUT2D eigenvalue weighted by molar-refractivity contribution is 5.73. The first-order chi connectivity index (χ1) is 7.20. The van der Waals surface area contributed by atoms with Gasteiger partial charge in [-0.15, -0.1) is 0 Å². The summed E-state index contributed by atoms with van der Waals surface area (Å²) in [7, 11) is 5.28. The van der Waals surface area contributed by atoms with Gasteiger partial charge in [0.2, 0.25) is 0 Å². The molecule has 4 nitrogen and oxygen atoms in total. The van der Waals surface area contributed by atoms with Crippen LogP contribution in [0.1, 0.15) is 0 Å². The van der Waals surface area contributed by atoms with Crippen LogP contribution in [0.25, 0.3) is 0 Å². The highest BCUT2D eigenvalue weighted by atomic mass is 16.5. The molecule has 4 heteroatoms. The summed E-state index contributed by atoms with van der Waals surface area (Å²) in [6.07, 6.45) is 0. The molecule has 0 aromatic heterocycles. The molecular weight excluding hydrogens is 192 g/mol. The van der Waals surface area contributed by atoms with Crippen LogP contribution in [-0.4, -0.2) is 34.4 Å². The molecule has 0 atom stereocenters. The van der Waals surface area contributed by atoms with Crippen LogP contribution in [0.15, 0.2) is 18.2 Å². The number of para-hydroxylation sites is 1. The summed E-state index contributed by atoms with van der Waals surface area (Å²) in [6.45, 7) is 1.47. The number of rotatable bonds is 5. The second-order valence-corrected chi connectivity index (χ2v) is 3.31. The minimum atomic E-state index is 0.665. The van der Waals surface area contributed by atoms with Crippen LogP contribution in [0.5, 0.6) is 5.75 Å². The molecule has 0 heterocycles. The van der Waals surface area contributed by atoms with E-state index in [1.807, 2.05) is 30.1 Å². The summed E-state index contributed by atoms with van der Waals surface area (Å²) in [6, 6.07) is 5.74. The third kappa shape index (κ3) is 2.76. The predicted molar refractivity (Wildman–Crippen MR) is 62.6 cm³/mol. The maximum atomic E-state index is 5.96. The van der Waals surface area contributed by atoms with Crippen LogP contribution in [-0.2, 0) is 4.74 Å². The van der Waals surface area contributed by atoms with Crippen molar-refractivity contribution in [1.29, 1.82) is 0 Å². The molecule has 15 heavy (non-hydrogen) atoms. The molecule has 0 aliphatic heterocycles. The van der Waals surface area contributed by atoms with Crippen molar-refractivity contribution in [3.8, 4) is 5.75 Å². The molecule has 1 aromatic carbocycles. The molecule has 84 valence electrons. The van der Waals surface area contributed by atoms with E-state index in [1.165, 1.54) is 0 Å². The first-order valence-electron chi connectivity index (χ1n) is 4.83. The van der Waals surface area contributed by atoms with Crippen molar-refractivity contribution >= 4 is 11.4 Å². The Hall–Kier alpha value is -1.42. The van der Waals surface area contributed by atoms with E-state index in [4.69, 9.17) is 15.2 Å². The Morgan fingerprint density at radius 3 is 2.67 bits per heavy atom. The molecule has 1 rings (SSSR count). The number of anilines is 2. The van der Waals surface area contributed by atoms with Gasteiger partial charge in [0.1, 0.15) is 5.75 Å². The van der Waals surface area contributed by atoms with Gasteiger partial charge in [0.25, 0.3) is 0 Å². The van der Waals surface area contributed by atoms with E-state index in [2.05, 4.69) is 0 Å². The number of methoxy groups -OCH3 is 2. The number of nitrogens with two attached hydrogens (primary N) is 1. The van der Waals surface area contributed by atoms with Gasteiger partial charge in [-0.1, -0.05) is 6.07 Å². The van der Waals surface area contributed by atoms with Crippen molar-refractivity contribution < 1.29 is 9.47 Å². The van der Waals surface area contributed by atoms with Gasteiger partial charge < -0.3 is 20.1 Å². The second-order valence-electron chi connectivity index (χ2n) is 3.31. The van der Waals surface area contributed by atoms with Gasteiger partial charge in [-0.2, -0.15) is 0 Å². The molecule has 0 radical (unpaired) electrons. The first-order valence-corrected chi connectivity index (χ1v) is 4.83. The Balaban J connectivity index is 2.83. The number of nitrogens with zero attached hydrogens (tertiary/aromatic N) is 1. The first kappa shape index (κ1) is 11.7. The molecule has 0 fully saturated rings. The Morgan fingerprint density at radius 2 is 2.07 bits per heavy atom. The van der Waals surface area contributed by atoms with E-state index < -0.39 is 0 Å². The monoisotopic (exact) mass is 210 g/mol. The van der Waals surface area contributed by atoms with Gasteiger partial charge in [-0.25, -0.2) is 0 Å².